The molecule has 140 valence electrons. The number of hydrazone groups is 1. The lowest BCUT2D eigenvalue weighted by molar-refractivity contribution is -0.116. The number of carbonyl (C=O) groups excluding carboxylic acids is 2. The predicted molar refractivity (Wildman–Crippen MR) is 113 cm³/mol. The molecule has 4 rings (SSSR count). The normalized spacial score (nSPS) is 16.4. The SMILES string of the molecule is CC1=NN(c2ccccc2)C(=O)C1Sc1nc(C(=O)c2ccc(C)cc2)cs1. The second-order valence-corrected chi connectivity index (χ2v) is 8.63. The average Bonchev–Trinajstić information content (AvgIpc) is 3.29. The van der Waals surface area contributed by atoms with Crippen molar-refractivity contribution in [1.82, 2.24) is 4.98 Å². The third-order valence-electron chi connectivity index (χ3n) is 4.32. The molecule has 0 fully saturated rings. The minimum absolute atomic E-state index is 0.102. The number of amides is 1. The van der Waals surface area contributed by atoms with Gasteiger partial charge in [-0.1, -0.05) is 59.8 Å². The molecule has 1 aliphatic rings. The van der Waals surface area contributed by atoms with Crippen LogP contribution in [0.25, 0.3) is 0 Å². The van der Waals surface area contributed by atoms with Gasteiger partial charge in [-0.3, -0.25) is 9.59 Å². The third kappa shape index (κ3) is 3.63. The van der Waals surface area contributed by atoms with Gasteiger partial charge in [-0.25, -0.2) is 4.98 Å². The van der Waals surface area contributed by atoms with E-state index in [1.54, 1.807) is 17.5 Å². The Morgan fingerprint density at radius 2 is 1.79 bits per heavy atom. The van der Waals surface area contributed by atoms with Crippen molar-refractivity contribution in [2.45, 2.75) is 23.4 Å². The van der Waals surface area contributed by atoms with Crippen LogP contribution in [0.3, 0.4) is 0 Å². The van der Waals surface area contributed by atoms with Gasteiger partial charge in [0.05, 0.1) is 11.4 Å². The minimum Gasteiger partial charge on any atom is -0.287 e. The smallest absolute Gasteiger partial charge is 0.266 e. The molecule has 0 bridgehead atoms. The molecule has 0 saturated heterocycles. The molecule has 1 aliphatic heterocycles. The molecule has 1 unspecified atom stereocenters. The van der Waals surface area contributed by atoms with Gasteiger partial charge >= 0.3 is 0 Å². The summed E-state index contributed by atoms with van der Waals surface area (Å²) in [5.74, 6) is -0.215. The van der Waals surface area contributed by atoms with Gasteiger partial charge in [0, 0.05) is 10.9 Å². The van der Waals surface area contributed by atoms with Crippen molar-refractivity contribution in [3.63, 3.8) is 0 Å². The number of carbonyl (C=O) groups is 2. The number of benzene rings is 2. The van der Waals surface area contributed by atoms with Crippen LogP contribution in [0.1, 0.15) is 28.5 Å². The molecule has 28 heavy (non-hydrogen) atoms. The number of rotatable bonds is 5. The number of hydrogen-bond acceptors (Lipinski definition) is 6. The maximum atomic E-state index is 12.8. The van der Waals surface area contributed by atoms with E-state index in [-0.39, 0.29) is 11.7 Å². The third-order valence-corrected chi connectivity index (χ3v) is 6.60. The van der Waals surface area contributed by atoms with Crippen LogP contribution in [0, 0.1) is 6.92 Å². The van der Waals surface area contributed by atoms with E-state index in [1.165, 1.54) is 28.1 Å². The van der Waals surface area contributed by atoms with Gasteiger partial charge in [-0.15, -0.1) is 11.3 Å². The van der Waals surface area contributed by atoms with Gasteiger partial charge in [0.2, 0.25) is 5.78 Å². The molecule has 0 N–H and O–H groups in total. The minimum atomic E-state index is -0.436. The molecular weight excluding hydrogens is 390 g/mol. The van der Waals surface area contributed by atoms with Crippen LogP contribution in [0.5, 0.6) is 0 Å². The highest BCUT2D eigenvalue weighted by molar-refractivity contribution is 8.03. The molecule has 0 radical (unpaired) electrons. The highest BCUT2D eigenvalue weighted by atomic mass is 32.2. The number of para-hydroxylation sites is 1. The van der Waals surface area contributed by atoms with Crippen molar-refractivity contribution in [2.75, 3.05) is 5.01 Å². The number of aryl methyl sites for hydroxylation is 1. The molecule has 0 saturated carbocycles. The summed E-state index contributed by atoms with van der Waals surface area (Å²) in [7, 11) is 0. The van der Waals surface area contributed by atoms with Gasteiger partial charge in [-0.2, -0.15) is 10.1 Å². The summed E-state index contributed by atoms with van der Waals surface area (Å²) < 4.78 is 0.679. The maximum Gasteiger partial charge on any atom is 0.266 e. The van der Waals surface area contributed by atoms with Crippen LogP contribution in [0.15, 0.2) is 69.4 Å². The fourth-order valence-corrected chi connectivity index (χ4v) is 4.76. The monoisotopic (exact) mass is 407 g/mol. The first-order valence-corrected chi connectivity index (χ1v) is 10.5. The number of thioether (sulfide) groups is 1. The molecule has 1 atom stereocenters. The fraction of sp³-hybridized carbons (Fsp3) is 0.143. The summed E-state index contributed by atoms with van der Waals surface area (Å²) in [6, 6.07) is 16.8. The van der Waals surface area contributed by atoms with Crippen LogP contribution >= 0.6 is 23.1 Å². The second-order valence-electron chi connectivity index (χ2n) is 6.42. The van der Waals surface area contributed by atoms with Crippen LogP contribution in [-0.4, -0.2) is 27.6 Å². The summed E-state index contributed by atoms with van der Waals surface area (Å²) >= 11 is 2.70. The summed E-state index contributed by atoms with van der Waals surface area (Å²) in [5.41, 5.74) is 3.57. The first-order valence-electron chi connectivity index (χ1n) is 8.70. The van der Waals surface area contributed by atoms with Crippen LogP contribution in [-0.2, 0) is 4.79 Å². The highest BCUT2D eigenvalue weighted by Crippen LogP contribution is 2.33. The van der Waals surface area contributed by atoms with Gasteiger partial charge < -0.3 is 0 Å². The van der Waals surface area contributed by atoms with Crippen LogP contribution in [0.4, 0.5) is 5.69 Å². The Kier molecular flexibility index (Phi) is 5.11. The lowest BCUT2D eigenvalue weighted by Crippen LogP contribution is -2.28. The molecule has 0 aliphatic carbocycles. The standard InChI is InChI=1S/C21H17N3O2S2/c1-13-8-10-15(11-9-13)18(25)17-12-27-21(22-17)28-19-14(2)23-24(20(19)26)16-6-4-3-5-7-16/h3-12,19H,1-2H3. The van der Waals surface area contributed by atoms with E-state index in [9.17, 15) is 9.59 Å². The number of thiazole rings is 1. The Morgan fingerprint density at radius 3 is 2.50 bits per heavy atom. The van der Waals surface area contributed by atoms with E-state index in [2.05, 4.69) is 10.1 Å². The largest absolute Gasteiger partial charge is 0.287 e. The van der Waals surface area contributed by atoms with Gasteiger partial charge in [0.25, 0.3) is 5.91 Å². The number of anilines is 1. The zero-order chi connectivity index (χ0) is 19.7. The van der Waals surface area contributed by atoms with Crippen molar-refractivity contribution in [3.8, 4) is 0 Å². The number of aromatic nitrogens is 1. The fourth-order valence-electron chi connectivity index (χ4n) is 2.81. The molecule has 1 aromatic heterocycles. The molecule has 2 heterocycles. The second kappa shape index (κ2) is 7.69. The van der Waals surface area contributed by atoms with Crippen molar-refractivity contribution < 1.29 is 9.59 Å². The Morgan fingerprint density at radius 1 is 1.07 bits per heavy atom. The molecule has 7 heteroatoms. The van der Waals surface area contributed by atoms with Crippen molar-refractivity contribution in [1.29, 1.82) is 0 Å². The van der Waals surface area contributed by atoms with Crippen molar-refractivity contribution in [2.24, 2.45) is 5.10 Å². The topological polar surface area (TPSA) is 62.6 Å². The Labute approximate surface area is 171 Å². The van der Waals surface area contributed by atoms with Crippen LogP contribution in [0.2, 0.25) is 0 Å². The molecule has 5 nitrogen and oxygen atoms in total. The quantitative estimate of drug-likeness (QED) is 0.582. The van der Waals surface area contributed by atoms with E-state index >= 15 is 0 Å². The van der Waals surface area contributed by atoms with Gasteiger partial charge in [0.15, 0.2) is 4.34 Å². The number of hydrogen-bond donors (Lipinski definition) is 0. The molecule has 0 spiro atoms. The van der Waals surface area contributed by atoms with Gasteiger partial charge in [0.1, 0.15) is 10.9 Å². The van der Waals surface area contributed by atoms with E-state index in [0.29, 0.717) is 15.6 Å². The molecular formula is C21H17N3O2S2. The van der Waals surface area contributed by atoms with Gasteiger partial charge in [-0.05, 0) is 26.0 Å². The first-order chi connectivity index (χ1) is 13.5. The lowest BCUT2D eigenvalue weighted by Gasteiger charge is -2.13. The lowest BCUT2D eigenvalue weighted by atomic mass is 10.1. The molecule has 1 amide bonds. The summed E-state index contributed by atoms with van der Waals surface area (Å²) in [6.45, 7) is 3.82. The summed E-state index contributed by atoms with van der Waals surface area (Å²) in [4.78, 5) is 29.9. The highest BCUT2D eigenvalue weighted by Gasteiger charge is 2.36. The Balaban J connectivity index is 1.50. The van der Waals surface area contributed by atoms with E-state index in [0.717, 1.165) is 17.0 Å². The average molecular weight is 408 g/mol. The van der Waals surface area contributed by atoms with Crippen molar-refractivity contribution in [3.05, 3.63) is 76.8 Å². The summed E-state index contributed by atoms with van der Waals surface area (Å²) in [6.07, 6.45) is 0. The Hall–Kier alpha value is -2.77. The Bertz CT molecular complexity index is 1060. The molecule has 3 aromatic rings. The van der Waals surface area contributed by atoms with E-state index in [1.807, 2.05) is 56.3 Å². The van der Waals surface area contributed by atoms with Crippen LogP contribution < -0.4 is 5.01 Å². The van der Waals surface area contributed by atoms with Crippen molar-refractivity contribution >= 4 is 46.2 Å². The zero-order valence-corrected chi connectivity index (χ0v) is 17.0. The zero-order valence-electron chi connectivity index (χ0n) is 15.3. The molecule has 2 aromatic carbocycles. The maximum absolute atomic E-state index is 12.8. The summed E-state index contributed by atoms with van der Waals surface area (Å²) in [5, 5.41) is 7.14. The predicted octanol–water partition coefficient (Wildman–Crippen LogP) is 4.57. The first kappa shape index (κ1) is 18.6. The number of ketones is 1. The number of nitrogens with zero attached hydrogens (tertiary/aromatic N) is 3. The van der Waals surface area contributed by atoms with E-state index in [4.69, 9.17) is 0 Å². The van der Waals surface area contributed by atoms with E-state index < -0.39 is 5.25 Å².